The number of fused-ring (bicyclic) bond motifs is 4. The smallest absolute Gasteiger partial charge is 0.131 e. The lowest BCUT2D eigenvalue weighted by Crippen LogP contribution is -2.16. The van der Waals surface area contributed by atoms with Crippen molar-refractivity contribution in [3.05, 3.63) is 198 Å². The zero-order valence-corrected chi connectivity index (χ0v) is 48.4. The standard InChI is InChI=1S/C19H20O.2C15H18O.2C11H16O/c1-4-19(2,3)17-13-9-5-7-11-15(13)18(20)16-12-8-6-10-14(16)17;1-4-15(2,3)13-7-5-12-10-14(16)8-6-11(12)9-13;1-4-15(2,3)13-9-10-14(16)12-8-6-5-7-11(12)13;1-4-11(2,3)9-5-7-10(12)8-6-9;1-4-11(2,3)9-6-5-7-10(12)8-9/h5-12,20H,4H2,1-3H3;2*5-10,16H,4H2,1-3H3;2*5-8,12H,4H2,1-3H3. The Hall–Kier alpha value is -6.98. The van der Waals surface area contributed by atoms with Gasteiger partial charge in [-0.05, 0) is 156 Å². The normalized spacial score (nSPS) is 11.9. The van der Waals surface area contributed by atoms with Gasteiger partial charge in [-0.1, -0.05) is 231 Å². The second-order valence-corrected chi connectivity index (χ2v) is 23.5. The molecule has 402 valence electrons. The predicted octanol–water partition coefficient (Wildman–Crippen LogP) is 20.0. The summed E-state index contributed by atoms with van der Waals surface area (Å²) in [5, 5.41) is 56.8. The van der Waals surface area contributed by atoms with Gasteiger partial charge in [0.05, 0.1) is 0 Å². The van der Waals surface area contributed by atoms with Crippen molar-refractivity contribution in [2.75, 3.05) is 0 Å². The Morgan fingerprint density at radius 2 is 0.684 bits per heavy atom. The molecule has 5 heteroatoms. The van der Waals surface area contributed by atoms with Gasteiger partial charge in [-0.25, -0.2) is 0 Å². The highest BCUT2D eigenvalue weighted by molar-refractivity contribution is 6.09. The maximum atomic E-state index is 10.6. The largest absolute Gasteiger partial charge is 0.508 e. The molecule has 0 heterocycles. The molecule has 0 amide bonds. The molecular formula is C71H88O5. The summed E-state index contributed by atoms with van der Waals surface area (Å²) in [5.41, 5.74) is 7.30. The molecule has 0 radical (unpaired) electrons. The minimum atomic E-state index is 0.0763. The second kappa shape index (κ2) is 25.2. The van der Waals surface area contributed by atoms with Crippen LogP contribution in [0.4, 0.5) is 0 Å². The lowest BCUT2D eigenvalue weighted by atomic mass is 9.77. The molecule has 5 N–H and O–H groups in total. The van der Waals surface area contributed by atoms with E-state index >= 15 is 0 Å². The molecular weight excluding hydrogens is 933 g/mol. The van der Waals surface area contributed by atoms with Crippen LogP contribution >= 0.6 is 0 Å². The van der Waals surface area contributed by atoms with Crippen molar-refractivity contribution in [1.29, 1.82) is 0 Å². The van der Waals surface area contributed by atoms with E-state index in [1.165, 1.54) is 33.2 Å². The van der Waals surface area contributed by atoms with Crippen LogP contribution < -0.4 is 0 Å². The molecule has 0 saturated carbocycles. The SMILES string of the molecule is CCC(C)(C)c1c2ccccc2c(O)c2ccccc12.CCC(C)(C)c1ccc(O)c2ccccc12.CCC(C)(C)c1ccc(O)cc1.CCC(C)(C)c1ccc2cc(O)ccc2c1.CCC(C)(C)c1cccc(O)c1. The second-order valence-electron chi connectivity index (χ2n) is 23.5. The molecule has 0 spiro atoms. The average Bonchev–Trinajstić information content (AvgIpc) is 3.42. The molecule has 9 aromatic rings. The third kappa shape index (κ3) is 14.5. The van der Waals surface area contributed by atoms with Gasteiger partial charge in [0.1, 0.15) is 28.7 Å². The minimum Gasteiger partial charge on any atom is -0.508 e. The Morgan fingerprint density at radius 3 is 1.18 bits per heavy atom. The number of aromatic hydroxyl groups is 5. The first-order chi connectivity index (χ1) is 35.8. The average molecular weight is 1020 g/mol. The fraction of sp³-hybridized carbons (Fsp3) is 0.352. The van der Waals surface area contributed by atoms with E-state index in [4.69, 9.17) is 5.11 Å². The van der Waals surface area contributed by atoms with Crippen molar-refractivity contribution < 1.29 is 25.5 Å². The minimum absolute atomic E-state index is 0.0763. The molecule has 0 aliphatic heterocycles. The summed E-state index contributed by atoms with van der Waals surface area (Å²) >= 11 is 0. The molecule has 5 nitrogen and oxygen atoms in total. The molecule has 0 atom stereocenters. The molecule has 0 aliphatic carbocycles. The monoisotopic (exact) mass is 1020 g/mol. The van der Waals surface area contributed by atoms with Crippen LogP contribution in [0.15, 0.2) is 170 Å². The summed E-state index contributed by atoms with van der Waals surface area (Å²) in [6.07, 6.45) is 5.46. The van der Waals surface area contributed by atoms with E-state index < -0.39 is 0 Å². The van der Waals surface area contributed by atoms with E-state index in [9.17, 15) is 20.4 Å². The first-order valence-corrected chi connectivity index (χ1v) is 27.4. The quantitative estimate of drug-likeness (QED) is 0.0879. The van der Waals surface area contributed by atoms with Gasteiger partial charge in [0.15, 0.2) is 0 Å². The molecule has 9 rings (SSSR count). The van der Waals surface area contributed by atoms with Crippen LogP contribution in [-0.4, -0.2) is 25.5 Å². The van der Waals surface area contributed by atoms with E-state index in [1.807, 2.05) is 91.0 Å². The summed E-state index contributed by atoms with van der Waals surface area (Å²) in [4.78, 5) is 0. The highest BCUT2D eigenvalue weighted by Crippen LogP contribution is 2.44. The van der Waals surface area contributed by atoms with E-state index in [-0.39, 0.29) is 27.1 Å². The molecule has 0 aromatic heterocycles. The fourth-order valence-corrected chi connectivity index (χ4v) is 9.18. The van der Waals surface area contributed by atoms with E-state index in [0.717, 1.165) is 69.8 Å². The molecule has 0 fully saturated rings. The molecule has 0 unspecified atom stereocenters. The number of rotatable bonds is 10. The fourth-order valence-electron chi connectivity index (χ4n) is 9.18. The highest BCUT2D eigenvalue weighted by atomic mass is 16.3. The summed E-state index contributed by atoms with van der Waals surface area (Å²) in [7, 11) is 0. The molecule has 0 bridgehead atoms. The van der Waals surface area contributed by atoms with E-state index in [0.29, 0.717) is 28.7 Å². The van der Waals surface area contributed by atoms with Crippen molar-refractivity contribution in [3.8, 4) is 28.7 Å². The number of phenols is 5. The molecule has 0 saturated heterocycles. The van der Waals surface area contributed by atoms with Crippen LogP contribution in [0.3, 0.4) is 0 Å². The van der Waals surface area contributed by atoms with Crippen molar-refractivity contribution in [1.82, 2.24) is 0 Å². The van der Waals surface area contributed by atoms with Gasteiger partial charge in [-0.3, -0.25) is 0 Å². The van der Waals surface area contributed by atoms with Gasteiger partial charge in [0.2, 0.25) is 0 Å². The van der Waals surface area contributed by atoms with E-state index in [1.54, 1.807) is 36.4 Å². The third-order valence-electron chi connectivity index (χ3n) is 16.5. The van der Waals surface area contributed by atoms with Gasteiger partial charge in [-0.15, -0.1) is 0 Å². The van der Waals surface area contributed by atoms with Crippen LogP contribution in [0.5, 0.6) is 28.7 Å². The van der Waals surface area contributed by atoms with Crippen LogP contribution in [0.1, 0.15) is 164 Å². The molecule has 76 heavy (non-hydrogen) atoms. The summed E-state index contributed by atoms with van der Waals surface area (Å²) < 4.78 is 0. The van der Waals surface area contributed by atoms with Crippen LogP contribution in [0, 0.1) is 0 Å². The Bertz CT molecular complexity index is 3260. The number of benzene rings is 9. The van der Waals surface area contributed by atoms with Gasteiger partial charge in [-0.2, -0.15) is 0 Å². The third-order valence-corrected chi connectivity index (χ3v) is 16.5. The predicted molar refractivity (Wildman–Crippen MR) is 327 cm³/mol. The number of hydrogen-bond donors (Lipinski definition) is 5. The summed E-state index contributed by atoms with van der Waals surface area (Å²) in [5.74, 6) is 1.78. The van der Waals surface area contributed by atoms with Crippen molar-refractivity contribution in [2.45, 2.75) is 163 Å². The van der Waals surface area contributed by atoms with Crippen LogP contribution in [0.25, 0.3) is 43.1 Å². The maximum absolute atomic E-state index is 10.6. The van der Waals surface area contributed by atoms with Crippen LogP contribution in [-0.2, 0) is 27.1 Å². The van der Waals surface area contributed by atoms with Crippen molar-refractivity contribution in [3.63, 3.8) is 0 Å². The topological polar surface area (TPSA) is 101 Å². The Kier molecular flexibility index (Phi) is 19.9. The maximum Gasteiger partial charge on any atom is 0.131 e. The Balaban J connectivity index is 0.000000178. The van der Waals surface area contributed by atoms with Gasteiger partial charge < -0.3 is 25.5 Å². The molecule has 0 aliphatic rings. The lowest BCUT2D eigenvalue weighted by molar-refractivity contribution is 0.464. The summed E-state index contributed by atoms with van der Waals surface area (Å²) in [6, 6.07) is 55.1. The van der Waals surface area contributed by atoms with Crippen molar-refractivity contribution in [2.24, 2.45) is 0 Å². The summed E-state index contributed by atoms with van der Waals surface area (Å²) in [6.45, 7) is 33.3. The Labute approximate surface area is 456 Å². The first-order valence-electron chi connectivity index (χ1n) is 27.4. The number of hydrogen-bond acceptors (Lipinski definition) is 5. The zero-order chi connectivity index (χ0) is 56.2. The lowest BCUT2D eigenvalue weighted by Gasteiger charge is -2.27. The first kappa shape index (κ1) is 59.9. The van der Waals surface area contributed by atoms with Crippen molar-refractivity contribution >= 4 is 43.1 Å². The zero-order valence-electron chi connectivity index (χ0n) is 48.4. The van der Waals surface area contributed by atoms with Gasteiger partial charge >= 0.3 is 0 Å². The van der Waals surface area contributed by atoms with E-state index in [2.05, 4.69) is 146 Å². The van der Waals surface area contributed by atoms with Gasteiger partial charge in [0.25, 0.3) is 0 Å². The Morgan fingerprint density at radius 1 is 0.289 bits per heavy atom. The highest BCUT2D eigenvalue weighted by Gasteiger charge is 2.26. The van der Waals surface area contributed by atoms with Gasteiger partial charge in [0, 0.05) is 16.2 Å². The molecule has 9 aromatic carbocycles. The number of phenolic OH excluding ortho intramolecular Hbond substituents is 5. The van der Waals surface area contributed by atoms with Crippen LogP contribution in [0.2, 0.25) is 0 Å².